The predicted octanol–water partition coefficient (Wildman–Crippen LogP) is 3.47. The molecule has 0 aliphatic heterocycles. The molecule has 0 spiro atoms. The summed E-state index contributed by atoms with van der Waals surface area (Å²) in [6, 6.07) is 5.22. The Morgan fingerprint density at radius 2 is 1.95 bits per heavy atom. The Labute approximate surface area is 116 Å². The van der Waals surface area contributed by atoms with Crippen molar-refractivity contribution >= 4 is 0 Å². The lowest BCUT2D eigenvalue weighted by Gasteiger charge is -2.38. The van der Waals surface area contributed by atoms with Crippen molar-refractivity contribution in [3.05, 3.63) is 35.1 Å². The van der Waals surface area contributed by atoms with Gasteiger partial charge in [-0.2, -0.15) is 0 Å². The van der Waals surface area contributed by atoms with Crippen LogP contribution in [-0.4, -0.2) is 25.8 Å². The third-order valence-corrected chi connectivity index (χ3v) is 4.32. The number of ether oxygens (including phenoxy) is 1. The summed E-state index contributed by atoms with van der Waals surface area (Å²) in [5, 5.41) is 3.37. The van der Waals surface area contributed by atoms with Gasteiger partial charge >= 0.3 is 0 Å². The fourth-order valence-electron chi connectivity index (χ4n) is 2.83. The number of methoxy groups -OCH3 is 1. The number of nitrogens with one attached hydrogen (secondary N) is 1. The van der Waals surface area contributed by atoms with E-state index in [0.717, 1.165) is 24.8 Å². The minimum atomic E-state index is -0.175. The lowest BCUT2D eigenvalue weighted by molar-refractivity contribution is -0.0454. The van der Waals surface area contributed by atoms with Crippen LogP contribution in [0.2, 0.25) is 0 Å². The molecule has 0 saturated heterocycles. The summed E-state index contributed by atoms with van der Waals surface area (Å²) in [4.78, 5) is 0. The van der Waals surface area contributed by atoms with E-state index in [1.54, 1.807) is 13.2 Å². The molecule has 0 radical (unpaired) electrons. The Bertz CT molecular complexity index is 393. The zero-order valence-corrected chi connectivity index (χ0v) is 12.7. The van der Waals surface area contributed by atoms with Crippen LogP contribution in [-0.2, 0) is 11.2 Å². The van der Waals surface area contributed by atoms with Crippen LogP contribution in [0.15, 0.2) is 18.2 Å². The van der Waals surface area contributed by atoms with Gasteiger partial charge < -0.3 is 10.1 Å². The van der Waals surface area contributed by atoms with Gasteiger partial charge in [-0.05, 0) is 56.5 Å². The lowest BCUT2D eigenvalue weighted by Crippen LogP contribution is -2.51. The molecule has 0 amide bonds. The van der Waals surface area contributed by atoms with Crippen molar-refractivity contribution in [2.24, 2.45) is 0 Å². The summed E-state index contributed by atoms with van der Waals surface area (Å²) in [5.74, 6) is -0.175. The van der Waals surface area contributed by atoms with Crippen LogP contribution >= 0.6 is 0 Å². The molecule has 2 nitrogen and oxygen atoms in total. The van der Waals surface area contributed by atoms with Crippen molar-refractivity contribution < 1.29 is 9.13 Å². The molecule has 1 aromatic carbocycles. The van der Waals surface area contributed by atoms with Crippen LogP contribution in [0.1, 0.15) is 37.8 Å². The van der Waals surface area contributed by atoms with E-state index in [1.165, 1.54) is 11.6 Å². The fourth-order valence-corrected chi connectivity index (χ4v) is 2.83. The first-order valence-corrected chi connectivity index (χ1v) is 7.00. The Kier molecular flexibility index (Phi) is 5.95. The van der Waals surface area contributed by atoms with Gasteiger partial charge in [-0.3, -0.25) is 0 Å². The quantitative estimate of drug-likeness (QED) is 0.816. The second-order valence-electron chi connectivity index (χ2n) is 5.09. The van der Waals surface area contributed by atoms with Crippen LogP contribution in [0.5, 0.6) is 0 Å². The van der Waals surface area contributed by atoms with Crippen molar-refractivity contribution in [1.82, 2.24) is 5.32 Å². The maximum absolute atomic E-state index is 13.2. The van der Waals surface area contributed by atoms with Gasteiger partial charge in [-0.15, -0.1) is 0 Å². The molecule has 0 saturated carbocycles. The summed E-state index contributed by atoms with van der Waals surface area (Å²) in [6.45, 7) is 6.25. The molecule has 1 N–H and O–H groups in total. The van der Waals surface area contributed by atoms with E-state index < -0.39 is 0 Å². The van der Waals surface area contributed by atoms with E-state index >= 15 is 0 Å². The van der Waals surface area contributed by atoms with E-state index in [2.05, 4.69) is 19.2 Å². The maximum atomic E-state index is 13.2. The molecule has 0 fully saturated rings. The molecule has 1 atom stereocenters. The first kappa shape index (κ1) is 16.1. The van der Waals surface area contributed by atoms with Crippen LogP contribution in [0.3, 0.4) is 0 Å². The molecule has 1 rings (SSSR count). The summed E-state index contributed by atoms with van der Waals surface area (Å²) >= 11 is 0. The van der Waals surface area contributed by atoms with Crippen LogP contribution < -0.4 is 5.32 Å². The number of benzene rings is 1. The van der Waals surface area contributed by atoms with Gasteiger partial charge in [0.05, 0.1) is 5.60 Å². The molecule has 0 bridgehead atoms. The normalized spacial score (nSPS) is 13.6. The second-order valence-corrected chi connectivity index (χ2v) is 5.09. The molecular weight excluding hydrogens is 241 g/mol. The Hall–Kier alpha value is -0.930. The molecule has 108 valence electrons. The first-order chi connectivity index (χ1) is 9.02. The van der Waals surface area contributed by atoms with Gasteiger partial charge in [0.25, 0.3) is 0 Å². The predicted molar refractivity (Wildman–Crippen MR) is 78.0 cm³/mol. The number of hydrogen-bond acceptors (Lipinski definition) is 2. The van der Waals surface area contributed by atoms with Gasteiger partial charge in [0.2, 0.25) is 0 Å². The monoisotopic (exact) mass is 267 g/mol. The fraction of sp³-hybridized carbons (Fsp3) is 0.625. The van der Waals surface area contributed by atoms with Gasteiger partial charge in [0.15, 0.2) is 0 Å². The highest BCUT2D eigenvalue weighted by atomic mass is 19.1. The highest BCUT2D eigenvalue weighted by molar-refractivity contribution is 5.28. The SMILES string of the molecule is CCC(CC)(OC)C(Cc1ccc(F)cc1C)NC. The molecule has 1 aromatic rings. The highest BCUT2D eigenvalue weighted by Crippen LogP contribution is 2.27. The van der Waals surface area contributed by atoms with Crippen molar-refractivity contribution in [3.63, 3.8) is 0 Å². The van der Waals surface area contributed by atoms with Crippen molar-refractivity contribution in [1.29, 1.82) is 0 Å². The van der Waals surface area contributed by atoms with Gasteiger partial charge in [0, 0.05) is 13.2 Å². The zero-order valence-electron chi connectivity index (χ0n) is 12.7. The largest absolute Gasteiger partial charge is 0.377 e. The zero-order chi connectivity index (χ0) is 14.5. The number of aryl methyl sites for hydroxylation is 1. The van der Waals surface area contributed by atoms with E-state index in [9.17, 15) is 4.39 Å². The number of rotatable bonds is 7. The van der Waals surface area contributed by atoms with Crippen molar-refractivity contribution in [2.45, 2.75) is 51.7 Å². The summed E-state index contributed by atoms with van der Waals surface area (Å²) < 4.78 is 18.9. The van der Waals surface area contributed by atoms with Crippen LogP contribution in [0.25, 0.3) is 0 Å². The van der Waals surface area contributed by atoms with Crippen molar-refractivity contribution in [3.8, 4) is 0 Å². The second kappa shape index (κ2) is 7.01. The molecular formula is C16H26FNO. The number of likely N-dealkylation sites (N-methyl/N-ethyl adjacent to an activating group) is 1. The summed E-state index contributed by atoms with van der Waals surface area (Å²) in [6.07, 6.45) is 2.75. The first-order valence-electron chi connectivity index (χ1n) is 7.00. The van der Waals surface area contributed by atoms with E-state index in [1.807, 2.05) is 20.0 Å². The van der Waals surface area contributed by atoms with Crippen molar-refractivity contribution in [2.75, 3.05) is 14.2 Å². The minimum Gasteiger partial charge on any atom is -0.377 e. The molecule has 0 heterocycles. The van der Waals surface area contributed by atoms with Gasteiger partial charge in [0.1, 0.15) is 5.82 Å². The third-order valence-electron chi connectivity index (χ3n) is 4.32. The average molecular weight is 267 g/mol. The van der Waals surface area contributed by atoms with Crippen LogP contribution in [0, 0.1) is 12.7 Å². The Balaban J connectivity index is 2.98. The highest BCUT2D eigenvalue weighted by Gasteiger charge is 2.34. The molecule has 0 aliphatic rings. The summed E-state index contributed by atoms with van der Waals surface area (Å²) in [5.41, 5.74) is 2.00. The Morgan fingerprint density at radius 1 is 1.32 bits per heavy atom. The molecule has 0 aliphatic carbocycles. The number of hydrogen-bond donors (Lipinski definition) is 1. The molecule has 19 heavy (non-hydrogen) atoms. The van der Waals surface area contributed by atoms with Crippen LogP contribution in [0.4, 0.5) is 4.39 Å². The molecule has 3 heteroatoms. The third kappa shape index (κ3) is 3.54. The minimum absolute atomic E-state index is 0.171. The molecule has 0 aromatic heterocycles. The average Bonchev–Trinajstić information content (AvgIpc) is 2.42. The topological polar surface area (TPSA) is 21.3 Å². The van der Waals surface area contributed by atoms with E-state index in [0.29, 0.717) is 0 Å². The maximum Gasteiger partial charge on any atom is 0.123 e. The lowest BCUT2D eigenvalue weighted by atomic mass is 9.83. The Morgan fingerprint density at radius 3 is 2.37 bits per heavy atom. The molecule has 1 unspecified atom stereocenters. The van der Waals surface area contributed by atoms with E-state index in [4.69, 9.17) is 4.74 Å². The van der Waals surface area contributed by atoms with E-state index in [-0.39, 0.29) is 17.5 Å². The summed E-state index contributed by atoms with van der Waals surface area (Å²) in [7, 11) is 3.73. The number of halogens is 1. The van der Waals surface area contributed by atoms with Gasteiger partial charge in [-0.25, -0.2) is 4.39 Å². The smallest absolute Gasteiger partial charge is 0.123 e. The standard InChI is InChI=1S/C16H26FNO/c1-6-16(7-2,19-5)15(18-4)11-13-8-9-14(17)10-12(13)3/h8-10,15,18H,6-7,11H2,1-5H3. The van der Waals surface area contributed by atoms with Gasteiger partial charge in [-0.1, -0.05) is 19.9 Å².